The van der Waals surface area contributed by atoms with Crippen LogP contribution >= 0.6 is 0 Å². The average molecular weight is 335 g/mol. The van der Waals surface area contributed by atoms with Gasteiger partial charge in [0, 0.05) is 30.7 Å². The van der Waals surface area contributed by atoms with E-state index < -0.39 is 0 Å². The second-order valence-electron chi connectivity index (χ2n) is 5.42. The van der Waals surface area contributed by atoms with Gasteiger partial charge in [-0.1, -0.05) is 12.1 Å². The van der Waals surface area contributed by atoms with Crippen LogP contribution in [0.5, 0.6) is 5.75 Å². The van der Waals surface area contributed by atoms with Crippen LogP contribution in [0.15, 0.2) is 60.9 Å². The van der Waals surface area contributed by atoms with E-state index in [0.717, 1.165) is 0 Å². The molecule has 126 valence electrons. The Balaban J connectivity index is 1.76. The van der Waals surface area contributed by atoms with E-state index in [1.165, 1.54) is 7.11 Å². The van der Waals surface area contributed by atoms with Gasteiger partial charge in [0.2, 0.25) is 5.78 Å². The van der Waals surface area contributed by atoms with E-state index in [4.69, 9.17) is 4.74 Å². The Hall–Kier alpha value is -3.41. The summed E-state index contributed by atoms with van der Waals surface area (Å²) in [5, 5.41) is 2.79. The first-order valence-electron chi connectivity index (χ1n) is 7.66. The Labute approximate surface area is 145 Å². The predicted molar refractivity (Wildman–Crippen MR) is 94.0 cm³/mol. The number of aromatic nitrogens is 2. The normalized spacial score (nSPS) is 10.3. The molecular formula is C19H17N3O3. The van der Waals surface area contributed by atoms with E-state index in [0.29, 0.717) is 28.4 Å². The molecule has 0 saturated carbocycles. The van der Waals surface area contributed by atoms with E-state index in [1.807, 2.05) is 0 Å². The van der Waals surface area contributed by atoms with Crippen molar-refractivity contribution in [2.45, 2.75) is 0 Å². The number of aryl methyl sites for hydroxylation is 1. The number of ether oxygens (including phenoxy) is 1. The molecule has 1 N–H and O–H groups in total. The molecule has 0 aliphatic rings. The Morgan fingerprint density at radius 2 is 1.80 bits per heavy atom. The lowest BCUT2D eigenvalue weighted by Crippen LogP contribution is -2.13. The molecule has 0 aliphatic carbocycles. The Bertz CT molecular complexity index is 914. The number of imidazole rings is 1. The second kappa shape index (κ2) is 7.00. The van der Waals surface area contributed by atoms with Crippen molar-refractivity contribution >= 4 is 17.4 Å². The largest absolute Gasteiger partial charge is 0.496 e. The van der Waals surface area contributed by atoms with Crippen LogP contribution in [0.3, 0.4) is 0 Å². The first-order valence-corrected chi connectivity index (χ1v) is 7.66. The van der Waals surface area contributed by atoms with Crippen molar-refractivity contribution < 1.29 is 14.3 Å². The maximum absolute atomic E-state index is 12.4. The molecule has 1 amide bonds. The summed E-state index contributed by atoms with van der Waals surface area (Å²) < 4.78 is 6.86. The van der Waals surface area contributed by atoms with Gasteiger partial charge in [-0.2, -0.15) is 0 Å². The highest BCUT2D eigenvalue weighted by molar-refractivity contribution is 6.08. The number of methoxy groups -OCH3 is 1. The van der Waals surface area contributed by atoms with Crippen LogP contribution in [0.1, 0.15) is 26.5 Å². The third-order valence-corrected chi connectivity index (χ3v) is 3.78. The Morgan fingerprint density at radius 1 is 1.08 bits per heavy atom. The third kappa shape index (κ3) is 3.42. The van der Waals surface area contributed by atoms with Gasteiger partial charge in [0.25, 0.3) is 5.91 Å². The second-order valence-corrected chi connectivity index (χ2v) is 5.42. The fraction of sp³-hybridized carbons (Fsp3) is 0.105. The summed E-state index contributed by atoms with van der Waals surface area (Å²) in [6, 6.07) is 13.7. The third-order valence-electron chi connectivity index (χ3n) is 3.78. The number of amides is 1. The van der Waals surface area contributed by atoms with Crippen LogP contribution in [0, 0.1) is 0 Å². The van der Waals surface area contributed by atoms with E-state index >= 15 is 0 Å². The highest BCUT2D eigenvalue weighted by atomic mass is 16.5. The van der Waals surface area contributed by atoms with Crippen LogP contribution in [-0.2, 0) is 7.05 Å². The van der Waals surface area contributed by atoms with Crippen LogP contribution in [0.25, 0.3) is 0 Å². The van der Waals surface area contributed by atoms with Crippen molar-refractivity contribution in [1.29, 1.82) is 0 Å². The molecule has 0 fully saturated rings. The number of benzene rings is 2. The zero-order valence-corrected chi connectivity index (χ0v) is 13.9. The number of nitrogens with zero attached hydrogens (tertiary/aromatic N) is 2. The van der Waals surface area contributed by atoms with E-state index in [9.17, 15) is 9.59 Å². The number of nitrogens with one attached hydrogen (secondary N) is 1. The maximum atomic E-state index is 12.4. The molecule has 1 aromatic heterocycles. The number of para-hydroxylation sites is 1. The fourth-order valence-corrected chi connectivity index (χ4v) is 2.45. The number of carbonyl (C=O) groups excluding carboxylic acids is 2. The molecule has 0 spiro atoms. The smallest absolute Gasteiger partial charge is 0.259 e. The quantitative estimate of drug-likeness (QED) is 0.728. The summed E-state index contributed by atoms with van der Waals surface area (Å²) in [7, 11) is 3.28. The summed E-state index contributed by atoms with van der Waals surface area (Å²) in [5.41, 5.74) is 1.54. The van der Waals surface area contributed by atoms with E-state index in [1.54, 1.807) is 72.5 Å². The van der Waals surface area contributed by atoms with Crippen molar-refractivity contribution in [3.8, 4) is 5.75 Å². The zero-order valence-electron chi connectivity index (χ0n) is 13.9. The minimum atomic E-state index is -0.277. The Kier molecular flexibility index (Phi) is 4.61. The number of hydrogen-bond acceptors (Lipinski definition) is 4. The SMILES string of the molecule is COc1ccccc1C(=O)Nc1ccc(C(=O)c2nccn2C)cc1. The van der Waals surface area contributed by atoms with E-state index in [-0.39, 0.29) is 11.7 Å². The lowest BCUT2D eigenvalue weighted by Gasteiger charge is -2.09. The van der Waals surface area contributed by atoms with E-state index in [2.05, 4.69) is 10.3 Å². The summed E-state index contributed by atoms with van der Waals surface area (Å²) in [6.45, 7) is 0. The summed E-state index contributed by atoms with van der Waals surface area (Å²) in [4.78, 5) is 28.8. The molecule has 0 aliphatic heterocycles. The van der Waals surface area contributed by atoms with Gasteiger partial charge in [0.15, 0.2) is 5.82 Å². The van der Waals surface area contributed by atoms with Gasteiger partial charge in [-0.25, -0.2) is 4.98 Å². The van der Waals surface area contributed by atoms with Crippen LogP contribution in [0.2, 0.25) is 0 Å². The molecule has 6 heteroatoms. The van der Waals surface area contributed by atoms with Crippen molar-refractivity contribution in [1.82, 2.24) is 9.55 Å². The van der Waals surface area contributed by atoms with Crippen LogP contribution in [0.4, 0.5) is 5.69 Å². The first kappa shape index (κ1) is 16.4. The number of ketones is 1. The van der Waals surface area contributed by atoms with Crippen LogP contribution < -0.4 is 10.1 Å². The minimum absolute atomic E-state index is 0.171. The molecule has 0 bridgehead atoms. The average Bonchev–Trinajstić information content (AvgIpc) is 3.07. The molecule has 3 aromatic rings. The molecule has 0 atom stereocenters. The highest BCUT2D eigenvalue weighted by Gasteiger charge is 2.15. The van der Waals surface area contributed by atoms with Gasteiger partial charge in [-0.3, -0.25) is 9.59 Å². The molecule has 0 unspecified atom stereocenters. The zero-order chi connectivity index (χ0) is 17.8. The van der Waals surface area contributed by atoms with Crippen molar-refractivity contribution in [3.05, 3.63) is 77.9 Å². The number of hydrogen-bond donors (Lipinski definition) is 1. The number of carbonyl (C=O) groups is 2. The number of anilines is 1. The van der Waals surface area contributed by atoms with Gasteiger partial charge in [0.1, 0.15) is 5.75 Å². The molecule has 0 radical (unpaired) electrons. The lowest BCUT2D eigenvalue weighted by molar-refractivity contribution is 0.101. The molecule has 25 heavy (non-hydrogen) atoms. The Morgan fingerprint density at radius 3 is 2.44 bits per heavy atom. The van der Waals surface area contributed by atoms with Crippen molar-refractivity contribution in [3.63, 3.8) is 0 Å². The van der Waals surface area contributed by atoms with Crippen LogP contribution in [-0.4, -0.2) is 28.4 Å². The van der Waals surface area contributed by atoms with Gasteiger partial charge < -0.3 is 14.6 Å². The molecule has 2 aromatic carbocycles. The maximum Gasteiger partial charge on any atom is 0.259 e. The highest BCUT2D eigenvalue weighted by Crippen LogP contribution is 2.19. The number of rotatable bonds is 5. The molecular weight excluding hydrogens is 318 g/mol. The summed E-state index contributed by atoms with van der Waals surface area (Å²) >= 11 is 0. The molecule has 1 heterocycles. The summed E-state index contributed by atoms with van der Waals surface area (Å²) in [5.74, 6) is 0.420. The molecule has 6 nitrogen and oxygen atoms in total. The molecule has 3 rings (SSSR count). The van der Waals surface area contributed by atoms with Gasteiger partial charge in [-0.15, -0.1) is 0 Å². The topological polar surface area (TPSA) is 73.2 Å². The van der Waals surface area contributed by atoms with Gasteiger partial charge in [-0.05, 0) is 36.4 Å². The lowest BCUT2D eigenvalue weighted by atomic mass is 10.1. The fourth-order valence-electron chi connectivity index (χ4n) is 2.45. The molecule has 0 saturated heterocycles. The first-order chi connectivity index (χ1) is 12.1. The predicted octanol–water partition coefficient (Wildman–Crippen LogP) is 2.91. The van der Waals surface area contributed by atoms with Gasteiger partial charge in [0.05, 0.1) is 12.7 Å². The standard InChI is InChI=1S/C19H17N3O3/c1-22-12-11-20-18(22)17(23)13-7-9-14(10-8-13)21-19(24)15-5-3-4-6-16(15)25-2/h3-12H,1-2H3,(H,21,24). The summed E-state index contributed by atoms with van der Waals surface area (Å²) in [6.07, 6.45) is 3.30. The van der Waals surface area contributed by atoms with Crippen molar-refractivity contribution in [2.75, 3.05) is 12.4 Å². The monoisotopic (exact) mass is 335 g/mol. The minimum Gasteiger partial charge on any atom is -0.496 e. The van der Waals surface area contributed by atoms with Gasteiger partial charge >= 0.3 is 0 Å². The van der Waals surface area contributed by atoms with Crippen molar-refractivity contribution in [2.24, 2.45) is 7.05 Å².